The number of hydrogen-bond acceptors (Lipinski definition) is 3. The molecule has 0 unspecified atom stereocenters. The summed E-state index contributed by atoms with van der Waals surface area (Å²) in [5, 5.41) is 3.82. The van der Waals surface area contributed by atoms with Gasteiger partial charge in [-0.3, -0.25) is 0 Å². The molecular weight excluding hydrogens is 156 g/mol. The number of carbonyl (C=O) groups is 1. The monoisotopic (exact) mass is 172 g/mol. The van der Waals surface area contributed by atoms with Crippen LogP contribution < -0.4 is 5.43 Å². The zero-order valence-corrected chi connectivity index (χ0v) is 7.89. The molecule has 4 nitrogen and oxygen atoms in total. The first-order valence-corrected chi connectivity index (χ1v) is 4.16. The first-order chi connectivity index (χ1) is 5.70. The highest BCUT2D eigenvalue weighted by Gasteiger charge is 1.96. The normalized spacial score (nSPS) is 11.1. The highest BCUT2D eigenvalue weighted by atomic mass is 16.5. The van der Waals surface area contributed by atoms with E-state index in [4.69, 9.17) is 0 Å². The molecule has 70 valence electrons. The van der Waals surface area contributed by atoms with Crippen molar-refractivity contribution in [3.05, 3.63) is 0 Å². The fraction of sp³-hybridized carbons (Fsp3) is 0.750. The number of nitrogens with zero attached hydrogens (tertiary/aromatic N) is 1. The summed E-state index contributed by atoms with van der Waals surface area (Å²) in [5.74, 6) is 0. The van der Waals surface area contributed by atoms with Crippen molar-refractivity contribution in [1.82, 2.24) is 5.43 Å². The second-order valence-corrected chi connectivity index (χ2v) is 2.43. The molecule has 0 fully saturated rings. The third kappa shape index (κ3) is 5.70. The van der Waals surface area contributed by atoms with E-state index in [1.54, 1.807) is 6.92 Å². The lowest BCUT2D eigenvalue weighted by Crippen LogP contribution is -2.19. The fourth-order valence-electron chi connectivity index (χ4n) is 0.722. The van der Waals surface area contributed by atoms with Crippen LogP contribution in [0.5, 0.6) is 0 Å². The van der Waals surface area contributed by atoms with Crippen LogP contribution in [0.4, 0.5) is 4.79 Å². The average Bonchev–Trinajstić information content (AvgIpc) is 2.02. The zero-order valence-electron chi connectivity index (χ0n) is 7.89. The van der Waals surface area contributed by atoms with Crippen LogP contribution in [0.3, 0.4) is 0 Å². The van der Waals surface area contributed by atoms with Crippen LogP contribution in [0.1, 0.15) is 33.6 Å². The van der Waals surface area contributed by atoms with E-state index in [1.165, 1.54) is 0 Å². The summed E-state index contributed by atoms with van der Waals surface area (Å²) in [6, 6.07) is 0. The minimum absolute atomic E-state index is 0.369. The van der Waals surface area contributed by atoms with E-state index in [-0.39, 0.29) is 0 Å². The van der Waals surface area contributed by atoms with Crippen LogP contribution >= 0.6 is 0 Å². The molecule has 12 heavy (non-hydrogen) atoms. The van der Waals surface area contributed by atoms with Crippen molar-refractivity contribution in [3.63, 3.8) is 0 Å². The maximum atomic E-state index is 10.7. The lowest BCUT2D eigenvalue weighted by atomic mass is 10.2. The molecule has 0 aromatic heterocycles. The van der Waals surface area contributed by atoms with Gasteiger partial charge in [0.15, 0.2) is 0 Å². The summed E-state index contributed by atoms with van der Waals surface area (Å²) in [5.41, 5.74) is 3.20. The number of nitrogens with one attached hydrogen (secondary N) is 1. The minimum atomic E-state index is -0.493. The number of amides is 1. The van der Waals surface area contributed by atoms with Gasteiger partial charge in [0.25, 0.3) is 0 Å². The molecule has 0 spiro atoms. The van der Waals surface area contributed by atoms with Gasteiger partial charge >= 0.3 is 6.09 Å². The molecule has 0 aromatic rings. The molecular formula is C8H16N2O2. The van der Waals surface area contributed by atoms with Crippen LogP contribution in [0.2, 0.25) is 0 Å². The summed E-state index contributed by atoms with van der Waals surface area (Å²) in [6.07, 6.45) is 1.43. The molecule has 1 amide bonds. The molecule has 0 heterocycles. The Morgan fingerprint density at radius 3 is 2.67 bits per heavy atom. The van der Waals surface area contributed by atoms with E-state index in [2.05, 4.69) is 22.2 Å². The number of rotatable bonds is 4. The van der Waals surface area contributed by atoms with Crippen molar-refractivity contribution in [3.8, 4) is 0 Å². The van der Waals surface area contributed by atoms with Crippen molar-refractivity contribution in [2.75, 3.05) is 6.61 Å². The van der Waals surface area contributed by atoms with Crippen LogP contribution in [0, 0.1) is 0 Å². The molecule has 0 aliphatic heterocycles. The van der Waals surface area contributed by atoms with Gasteiger partial charge in [-0.15, -0.1) is 0 Å². The Morgan fingerprint density at radius 1 is 1.50 bits per heavy atom. The summed E-state index contributed by atoms with van der Waals surface area (Å²) >= 11 is 0. The van der Waals surface area contributed by atoms with E-state index in [1.807, 2.05) is 6.92 Å². The maximum absolute atomic E-state index is 10.7. The second kappa shape index (κ2) is 6.64. The van der Waals surface area contributed by atoms with E-state index >= 15 is 0 Å². The van der Waals surface area contributed by atoms with Crippen molar-refractivity contribution >= 4 is 11.8 Å². The maximum Gasteiger partial charge on any atom is 0.427 e. The van der Waals surface area contributed by atoms with E-state index in [9.17, 15) is 4.79 Å². The first-order valence-electron chi connectivity index (χ1n) is 4.16. The van der Waals surface area contributed by atoms with Gasteiger partial charge in [-0.05, 0) is 20.3 Å². The van der Waals surface area contributed by atoms with Crippen molar-refractivity contribution in [2.45, 2.75) is 33.6 Å². The van der Waals surface area contributed by atoms with Gasteiger partial charge in [0.05, 0.1) is 6.61 Å². The first kappa shape index (κ1) is 10.9. The standard InChI is InChI=1S/C8H16N2O2/c1-4-6-7(3)9-10-8(11)12-5-2/h4-6H2,1-3H3,(H,10,11). The fourth-order valence-corrected chi connectivity index (χ4v) is 0.722. The predicted octanol–water partition coefficient (Wildman–Crippen LogP) is 1.91. The quantitative estimate of drug-likeness (QED) is 0.520. The highest BCUT2D eigenvalue weighted by molar-refractivity contribution is 5.83. The topological polar surface area (TPSA) is 50.7 Å². The Morgan fingerprint density at radius 2 is 2.17 bits per heavy atom. The Labute approximate surface area is 73.0 Å². The number of ether oxygens (including phenoxy) is 1. The molecule has 0 rings (SSSR count). The molecule has 0 saturated carbocycles. The molecule has 0 saturated heterocycles. The lowest BCUT2D eigenvalue weighted by Gasteiger charge is -2.00. The lowest BCUT2D eigenvalue weighted by molar-refractivity contribution is 0.152. The Bertz CT molecular complexity index is 166. The largest absolute Gasteiger partial charge is 0.449 e. The predicted molar refractivity (Wildman–Crippen MR) is 48.2 cm³/mol. The Kier molecular flexibility index (Phi) is 6.05. The van der Waals surface area contributed by atoms with Crippen molar-refractivity contribution < 1.29 is 9.53 Å². The molecule has 0 atom stereocenters. The Balaban J connectivity index is 3.63. The summed E-state index contributed by atoms with van der Waals surface area (Å²) < 4.78 is 4.61. The summed E-state index contributed by atoms with van der Waals surface area (Å²) in [4.78, 5) is 10.7. The smallest absolute Gasteiger partial charge is 0.427 e. The van der Waals surface area contributed by atoms with E-state index in [0.29, 0.717) is 6.61 Å². The van der Waals surface area contributed by atoms with Gasteiger partial charge in [-0.25, -0.2) is 10.2 Å². The third-order valence-corrected chi connectivity index (χ3v) is 1.23. The van der Waals surface area contributed by atoms with Gasteiger partial charge in [0, 0.05) is 5.71 Å². The van der Waals surface area contributed by atoms with Gasteiger partial charge < -0.3 is 4.74 Å². The summed E-state index contributed by atoms with van der Waals surface area (Å²) in [7, 11) is 0. The number of hydrogen-bond donors (Lipinski definition) is 1. The zero-order chi connectivity index (χ0) is 9.40. The second-order valence-electron chi connectivity index (χ2n) is 2.43. The molecule has 4 heteroatoms. The van der Waals surface area contributed by atoms with Gasteiger partial charge in [-0.1, -0.05) is 13.3 Å². The number of hydrazone groups is 1. The SMILES string of the molecule is CCCC(C)=NNC(=O)OCC. The average molecular weight is 172 g/mol. The highest BCUT2D eigenvalue weighted by Crippen LogP contribution is 1.89. The molecule has 0 aromatic carbocycles. The van der Waals surface area contributed by atoms with Crippen LogP contribution in [0.25, 0.3) is 0 Å². The third-order valence-electron chi connectivity index (χ3n) is 1.23. The van der Waals surface area contributed by atoms with Crippen LogP contribution in [0.15, 0.2) is 5.10 Å². The minimum Gasteiger partial charge on any atom is -0.449 e. The molecule has 0 aliphatic carbocycles. The van der Waals surface area contributed by atoms with Gasteiger partial charge in [-0.2, -0.15) is 5.10 Å². The van der Waals surface area contributed by atoms with Gasteiger partial charge in [0.1, 0.15) is 0 Å². The Hall–Kier alpha value is -1.06. The van der Waals surface area contributed by atoms with Crippen molar-refractivity contribution in [2.24, 2.45) is 5.10 Å². The van der Waals surface area contributed by atoms with Crippen molar-refractivity contribution in [1.29, 1.82) is 0 Å². The summed E-state index contributed by atoms with van der Waals surface area (Å²) in [6.45, 7) is 6.05. The van der Waals surface area contributed by atoms with Crippen LogP contribution in [-0.2, 0) is 4.74 Å². The molecule has 0 radical (unpaired) electrons. The van der Waals surface area contributed by atoms with E-state index in [0.717, 1.165) is 18.6 Å². The number of carbonyl (C=O) groups excluding carboxylic acids is 1. The van der Waals surface area contributed by atoms with Gasteiger partial charge in [0.2, 0.25) is 0 Å². The molecule has 0 bridgehead atoms. The van der Waals surface area contributed by atoms with E-state index < -0.39 is 6.09 Å². The molecule has 0 aliphatic rings. The van der Waals surface area contributed by atoms with Crippen LogP contribution in [-0.4, -0.2) is 18.4 Å². The molecule has 1 N–H and O–H groups in total.